The molecule has 0 aromatic heterocycles. The van der Waals surface area contributed by atoms with Gasteiger partial charge in [-0.05, 0) is 64.2 Å². The molecule has 128 valence electrons. The van der Waals surface area contributed by atoms with Crippen molar-refractivity contribution in [1.82, 2.24) is 0 Å². The Morgan fingerprint density at radius 2 is 2.00 bits per heavy atom. The fourth-order valence-electron chi connectivity index (χ4n) is 2.85. The minimum absolute atomic E-state index is 0.304. The Morgan fingerprint density at radius 3 is 2.57 bits per heavy atom. The van der Waals surface area contributed by atoms with Crippen LogP contribution in [0.25, 0.3) is 0 Å². The van der Waals surface area contributed by atoms with Crippen molar-refractivity contribution >= 4 is 23.4 Å². The summed E-state index contributed by atoms with van der Waals surface area (Å²) < 4.78 is 5.30. The van der Waals surface area contributed by atoms with Crippen LogP contribution in [0, 0.1) is 0 Å². The SMILES string of the molecule is CC(C)(C)OC(=O)Nc1cc(Cl)ccc1C1(N)CCC(O)CC1. The van der Waals surface area contributed by atoms with Crippen LogP contribution in [-0.2, 0) is 10.3 Å². The number of aliphatic hydroxyl groups is 1. The Morgan fingerprint density at radius 1 is 1.39 bits per heavy atom. The van der Waals surface area contributed by atoms with Crippen LogP contribution in [0.15, 0.2) is 18.2 Å². The maximum Gasteiger partial charge on any atom is 0.412 e. The number of nitrogens with two attached hydrogens (primary N) is 1. The van der Waals surface area contributed by atoms with Gasteiger partial charge < -0.3 is 15.6 Å². The number of halogens is 1. The summed E-state index contributed by atoms with van der Waals surface area (Å²) in [5.74, 6) is 0. The van der Waals surface area contributed by atoms with E-state index in [4.69, 9.17) is 22.1 Å². The molecule has 0 saturated heterocycles. The van der Waals surface area contributed by atoms with Crippen molar-refractivity contribution in [2.24, 2.45) is 5.73 Å². The van der Waals surface area contributed by atoms with E-state index in [-0.39, 0.29) is 6.10 Å². The van der Waals surface area contributed by atoms with Gasteiger partial charge in [0.1, 0.15) is 5.60 Å². The molecule has 5 nitrogen and oxygen atoms in total. The van der Waals surface area contributed by atoms with Gasteiger partial charge in [-0.25, -0.2) is 4.79 Å². The Kier molecular flexibility index (Phi) is 5.23. The van der Waals surface area contributed by atoms with Crippen LogP contribution >= 0.6 is 11.6 Å². The molecule has 1 aliphatic rings. The van der Waals surface area contributed by atoms with Crippen molar-refractivity contribution in [3.8, 4) is 0 Å². The van der Waals surface area contributed by atoms with Gasteiger partial charge in [0.2, 0.25) is 0 Å². The number of nitrogens with one attached hydrogen (secondary N) is 1. The van der Waals surface area contributed by atoms with Gasteiger partial charge in [-0.3, -0.25) is 5.32 Å². The molecule has 1 fully saturated rings. The van der Waals surface area contributed by atoms with Crippen LogP contribution in [-0.4, -0.2) is 22.9 Å². The van der Waals surface area contributed by atoms with E-state index in [0.717, 1.165) is 5.56 Å². The molecule has 0 bridgehead atoms. The molecule has 0 aliphatic heterocycles. The van der Waals surface area contributed by atoms with Gasteiger partial charge in [-0.2, -0.15) is 0 Å². The lowest BCUT2D eigenvalue weighted by Gasteiger charge is -2.37. The number of carbonyl (C=O) groups excluding carboxylic acids is 1. The lowest BCUT2D eigenvalue weighted by molar-refractivity contribution is 0.0634. The van der Waals surface area contributed by atoms with E-state index in [0.29, 0.717) is 36.4 Å². The zero-order valence-electron chi connectivity index (χ0n) is 13.9. The van der Waals surface area contributed by atoms with Crippen LogP contribution in [0.2, 0.25) is 5.02 Å². The summed E-state index contributed by atoms with van der Waals surface area (Å²) in [6.45, 7) is 5.41. The number of benzene rings is 1. The molecule has 0 heterocycles. The summed E-state index contributed by atoms with van der Waals surface area (Å²) in [6.07, 6.45) is 1.75. The molecular weight excluding hydrogens is 316 g/mol. The molecule has 2 rings (SSSR count). The molecule has 23 heavy (non-hydrogen) atoms. The number of rotatable bonds is 2. The van der Waals surface area contributed by atoms with Crippen molar-refractivity contribution in [3.63, 3.8) is 0 Å². The molecule has 1 amide bonds. The Labute approximate surface area is 142 Å². The number of carbonyl (C=O) groups is 1. The molecular formula is C17H25ClN2O3. The summed E-state index contributed by atoms with van der Waals surface area (Å²) in [6, 6.07) is 5.28. The highest BCUT2D eigenvalue weighted by Gasteiger charge is 2.35. The predicted octanol–water partition coefficient (Wildman–Crippen LogP) is 3.78. The van der Waals surface area contributed by atoms with Gasteiger partial charge in [0.15, 0.2) is 0 Å². The summed E-state index contributed by atoms with van der Waals surface area (Å²) in [5.41, 5.74) is 6.76. The zero-order chi connectivity index (χ0) is 17.3. The van der Waals surface area contributed by atoms with E-state index < -0.39 is 17.2 Å². The number of hydrogen-bond acceptors (Lipinski definition) is 4. The normalized spacial score (nSPS) is 25.0. The number of aliphatic hydroxyl groups excluding tert-OH is 1. The van der Waals surface area contributed by atoms with Gasteiger partial charge in [0.05, 0.1) is 11.8 Å². The third kappa shape index (κ3) is 4.83. The van der Waals surface area contributed by atoms with E-state index in [1.807, 2.05) is 6.07 Å². The van der Waals surface area contributed by atoms with Gasteiger partial charge in [0.25, 0.3) is 0 Å². The monoisotopic (exact) mass is 340 g/mol. The molecule has 0 radical (unpaired) electrons. The first-order valence-corrected chi connectivity index (χ1v) is 8.24. The van der Waals surface area contributed by atoms with Crippen molar-refractivity contribution in [2.45, 2.75) is 63.7 Å². The minimum Gasteiger partial charge on any atom is -0.444 e. The van der Waals surface area contributed by atoms with Crippen LogP contribution in [0.5, 0.6) is 0 Å². The maximum absolute atomic E-state index is 12.1. The molecule has 1 aromatic carbocycles. The topological polar surface area (TPSA) is 84.6 Å². The predicted molar refractivity (Wildman–Crippen MR) is 91.6 cm³/mol. The first-order chi connectivity index (χ1) is 10.6. The molecule has 1 saturated carbocycles. The summed E-state index contributed by atoms with van der Waals surface area (Å²) in [7, 11) is 0. The number of amides is 1. The summed E-state index contributed by atoms with van der Waals surface area (Å²) in [4.78, 5) is 12.1. The Hall–Kier alpha value is -1.30. The molecule has 1 aliphatic carbocycles. The lowest BCUT2D eigenvalue weighted by Crippen LogP contribution is -2.42. The van der Waals surface area contributed by atoms with Crippen molar-refractivity contribution < 1.29 is 14.6 Å². The van der Waals surface area contributed by atoms with Gasteiger partial charge in [-0.1, -0.05) is 17.7 Å². The quantitative estimate of drug-likeness (QED) is 0.765. The molecule has 6 heteroatoms. The van der Waals surface area contributed by atoms with Crippen LogP contribution in [0.1, 0.15) is 52.0 Å². The molecule has 0 unspecified atom stereocenters. The molecule has 0 atom stereocenters. The average molecular weight is 341 g/mol. The standard InChI is InChI=1S/C17H25ClN2O3/c1-16(2,3)23-15(22)20-14-10-11(18)4-5-13(14)17(19)8-6-12(21)7-9-17/h4-5,10,12,21H,6-9,19H2,1-3H3,(H,20,22). The van der Waals surface area contributed by atoms with E-state index in [2.05, 4.69) is 5.32 Å². The fraction of sp³-hybridized carbons (Fsp3) is 0.588. The number of anilines is 1. The smallest absolute Gasteiger partial charge is 0.412 e. The number of hydrogen-bond donors (Lipinski definition) is 3. The Balaban J connectivity index is 2.25. The molecule has 0 spiro atoms. The van der Waals surface area contributed by atoms with Crippen molar-refractivity contribution in [2.75, 3.05) is 5.32 Å². The third-order valence-corrected chi connectivity index (χ3v) is 4.24. The van der Waals surface area contributed by atoms with Crippen molar-refractivity contribution in [1.29, 1.82) is 0 Å². The zero-order valence-corrected chi connectivity index (χ0v) is 14.6. The van der Waals surface area contributed by atoms with E-state index in [1.54, 1.807) is 32.9 Å². The average Bonchev–Trinajstić information content (AvgIpc) is 2.40. The van der Waals surface area contributed by atoms with E-state index in [9.17, 15) is 9.90 Å². The van der Waals surface area contributed by atoms with Crippen LogP contribution in [0.3, 0.4) is 0 Å². The summed E-state index contributed by atoms with van der Waals surface area (Å²) >= 11 is 6.07. The first kappa shape index (κ1) is 18.0. The highest BCUT2D eigenvalue weighted by Crippen LogP contribution is 2.39. The highest BCUT2D eigenvalue weighted by atomic mass is 35.5. The minimum atomic E-state index is -0.589. The fourth-order valence-corrected chi connectivity index (χ4v) is 3.03. The second kappa shape index (κ2) is 6.67. The van der Waals surface area contributed by atoms with Crippen molar-refractivity contribution in [3.05, 3.63) is 28.8 Å². The largest absolute Gasteiger partial charge is 0.444 e. The Bertz CT molecular complexity index is 576. The van der Waals surface area contributed by atoms with E-state index in [1.165, 1.54) is 0 Å². The highest BCUT2D eigenvalue weighted by molar-refractivity contribution is 6.31. The second-order valence-electron chi connectivity index (χ2n) is 7.20. The van der Waals surface area contributed by atoms with Gasteiger partial charge in [-0.15, -0.1) is 0 Å². The van der Waals surface area contributed by atoms with Crippen LogP contribution in [0.4, 0.5) is 10.5 Å². The van der Waals surface area contributed by atoms with Gasteiger partial charge >= 0.3 is 6.09 Å². The third-order valence-electron chi connectivity index (χ3n) is 4.00. The van der Waals surface area contributed by atoms with Gasteiger partial charge in [0, 0.05) is 10.6 Å². The second-order valence-corrected chi connectivity index (χ2v) is 7.64. The molecule has 1 aromatic rings. The maximum atomic E-state index is 12.1. The number of ether oxygens (including phenoxy) is 1. The first-order valence-electron chi connectivity index (χ1n) is 7.86. The van der Waals surface area contributed by atoms with E-state index >= 15 is 0 Å². The lowest BCUT2D eigenvalue weighted by atomic mass is 9.76. The summed E-state index contributed by atoms with van der Waals surface area (Å²) in [5, 5.41) is 13.0. The molecule has 4 N–H and O–H groups in total. The van der Waals surface area contributed by atoms with Crippen LogP contribution < -0.4 is 11.1 Å².